The van der Waals surface area contributed by atoms with E-state index < -0.39 is 34.2 Å². The summed E-state index contributed by atoms with van der Waals surface area (Å²) in [5.74, 6) is -0.869. The predicted octanol–water partition coefficient (Wildman–Crippen LogP) is 4.33. The van der Waals surface area contributed by atoms with Gasteiger partial charge in [-0.1, -0.05) is 54.4 Å². The van der Waals surface area contributed by atoms with Crippen molar-refractivity contribution in [1.82, 2.24) is 14.5 Å². The van der Waals surface area contributed by atoms with Crippen LogP contribution in [0.1, 0.15) is 39.7 Å². The van der Waals surface area contributed by atoms with Crippen molar-refractivity contribution < 1.29 is 18.0 Å². The van der Waals surface area contributed by atoms with Crippen molar-refractivity contribution >= 4 is 50.9 Å². The van der Waals surface area contributed by atoms with Crippen molar-refractivity contribution in [3.8, 4) is 0 Å². The van der Waals surface area contributed by atoms with E-state index in [1.54, 1.807) is 55.5 Å². The third kappa shape index (κ3) is 7.83. The highest BCUT2D eigenvalue weighted by Gasteiger charge is 2.34. The highest BCUT2D eigenvalue weighted by molar-refractivity contribution is 7.90. The van der Waals surface area contributed by atoms with Crippen molar-refractivity contribution in [2.24, 2.45) is 0 Å². The fraction of sp³-hybridized carbons (Fsp3) is 0.440. The molecule has 2 rings (SSSR count). The molecule has 0 heterocycles. The standard InChI is InChI=1S/C25H34Cl2N4O4S/c1-7-22(24(33)28-25(2,3)4)30(16-18-13-14-20(26)21(27)15-18)23(32)17-31(36(34,35)29(5)6)19-11-9-8-10-12-19/h8-15,22H,7,16-17H2,1-6H3,(H,28,33)/t22-/m0/s1. The van der Waals surface area contributed by atoms with Crippen molar-refractivity contribution in [2.75, 3.05) is 24.9 Å². The summed E-state index contributed by atoms with van der Waals surface area (Å²) < 4.78 is 28.4. The quantitative estimate of drug-likeness (QED) is 0.471. The summed E-state index contributed by atoms with van der Waals surface area (Å²) in [5, 5.41) is 3.60. The van der Waals surface area contributed by atoms with Crippen molar-refractivity contribution in [2.45, 2.75) is 52.2 Å². The molecule has 8 nitrogen and oxygen atoms in total. The monoisotopic (exact) mass is 556 g/mol. The predicted molar refractivity (Wildman–Crippen MR) is 145 cm³/mol. The van der Waals surface area contributed by atoms with Gasteiger partial charge in [-0.15, -0.1) is 0 Å². The molecule has 2 amide bonds. The highest BCUT2D eigenvalue weighted by atomic mass is 35.5. The average Bonchev–Trinajstić information content (AvgIpc) is 2.78. The molecule has 0 aliphatic heterocycles. The summed E-state index contributed by atoms with van der Waals surface area (Å²) >= 11 is 12.2. The second kappa shape index (κ2) is 12.3. The van der Waals surface area contributed by atoms with E-state index in [9.17, 15) is 18.0 Å². The number of halogens is 2. The van der Waals surface area contributed by atoms with Crippen molar-refractivity contribution in [1.29, 1.82) is 0 Å². The van der Waals surface area contributed by atoms with Crippen LogP contribution in [0, 0.1) is 0 Å². The number of rotatable bonds is 10. The molecule has 1 atom stereocenters. The molecule has 0 unspecified atom stereocenters. The van der Waals surface area contributed by atoms with E-state index in [4.69, 9.17) is 23.2 Å². The topological polar surface area (TPSA) is 90.0 Å². The van der Waals surface area contributed by atoms with Gasteiger partial charge in [0.25, 0.3) is 0 Å². The third-order valence-corrected chi connectivity index (χ3v) is 7.84. The summed E-state index contributed by atoms with van der Waals surface area (Å²) in [4.78, 5) is 28.4. The van der Waals surface area contributed by atoms with E-state index in [0.717, 1.165) is 8.61 Å². The van der Waals surface area contributed by atoms with Crippen LogP contribution in [-0.2, 0) is 26.3 Å². The fourth-order valence-electron chi connectivity index (χ4n) is 3.52. The first-order chi connectivity index (χ1) is 16.7. The molecule has 0 bridgehead atoms. The molecular formula is C25H34Cl2N4O4S. The Morgan fingerprint density at radius 2 is 1.61 bits per heavy atom. The van der Waals surface area contributed by atoms with Crippen LogP contribution < -0.4 is 9.62 Å². The van der Waals surface area contributed by atoms with Gasteiger partial charge in [-0.2, -0.15) is 12.7 Å². The Labute approximate surface area is 224 Å². The zero-order valence-electron chi connectivity index (χ0n) is 21.5. The maximum atomic E-state index is 13.8. The number of anilines is 1. The number of carbonyl (C=O) groups is 2. The molecule has 1 N–H and O–H groups in total. The Bertz CT molecular complexity index is 1170. The largest absolute Gasteiger partial charge is 0.350 e. The normalized spacial score (nSPS) is 12.8. The maximum Gasteiger partial charge on any atom is 0.304 e. The smallest absolute Gasteiger partial charge is 0.304 e. The van der Waals surface area contributed by atoms with Crippen molar-refractivity contribution in [3.63, 3.8) is 0 Å². The minimum Gasteiger partial charge on any atom is -0.350 e. The zero-order valence-corrected chi connectivity index (χ0v) is 23.8. The van der Waals surface area contributed by atoms with E-state index >= 15 is 0 Å². The van der Waals surface area contributed by atoms with Gasteiger partial charge < -0.3 is 10.2 Å². The molecule has 0 spiro atoms. The number of nitrogens with zero attached hydrogens (tertiary/aromatic N) is 3. The first-order valence-electron chi connectivity index (χ1n) is 11.5. The molecule has 36 heavy (non-hydrogen) atoms. The van der Waals surface area contributed by atoms with Crippen LogP contribution >= 0.6 is 23.2 Å². The molecule has 0 aliphatic carbocycles. The molecule has 0 fully saturated rings. The lowest BCUT2D eigenvalue weighted by molar-refractivity contribution is -0.141. The van der Waals surface area contributed by atoms with E-state index in [1.807, 2.05) is 20.8 Å². The van der Waals surface area contributed by atoms with Gasteiger partial charge in [0.2, 0.25) is 11.8 Å². The maximum absolute atomic E-state index is 13.8. The Morgan fingerprint density at radius 1 is 1.00 bits per heavy atom. The number of nitrogens with one attached hydrogen (secondary N) is 1. The van der Waals surface area contributed by atoms with Gasteiger partial charge in [0.1, 0.15) is 12.6 Å². The second-order valence-electron chi connectivity index (χ2n) is 9.57. The number of benzene rings is 2. The summed E-state index contributed by atoms with van der Waals surface area (Å²) in [5.41, 5.74) is 0.468. The first-order valence-corrected chi connectivity index (χ1v) is 13.6. The number of para-hydroxylation sites is 1. The van der Waals surface area contributed by atoms with Gasteiger partial charge in [-0.3, -0.25) is 9.59 Å². The van der Waals surface area contributed by atoms with Gasteiger partial charge in [0.15, 0.2) is 0 Å². The molecule has 0 aliphatic rings. The van der Waals surface area contributed by atoms with Crippen LogP contribution in [0.4, 0.5) is 5.69 Å². The Kier molecular flexibility index (Phi) is 10.2. The fourth-order valence-corrected chi connectivity index (χ4v) is 4.89. The van der Waals surface area contributed by atoms with Gasteiger partial charge in [0, 0.05) is 26.2 Å². The molecule has 0 radical (unpaired) electrons. The number of hydrogen-bond acceptors (Lipinski definition) is 4. The lowest BCUT2D eigenvalue weighted by atomic mass is 10.1. The van der Waals surface area contributed by atoms with Crippen LogP contribution in [0.25, 0.3) is 0 Å². The molecular weight excluding hydrogens is 523 g/mol. The summed E-state index contributed by atoms with van der Waals surface area (Å²) in [6.07, 6.45) is 0.320. The SMILES string of the molecule is CC[C@@H](C(=O)NC(C)(C)C)N(Cc1ccc(Cl)c(Cl)c1)C(=O)CN(c1ccccc1)S(=O)(=O)N(C)C. The molecule has 0 saturated heterocycles. The van der Waals surface area contributed by atoms with Crippen LogP contribution in [0.15, 0.2) is 48.5 Å². The van der Waals surface area contributed by atoms with Gasteiger partial charge >= 0.3 is 10.2 Å². The summed E-state index contributed by atoms with van der Waals surface area (Å²) in [6.45, 7) is 6.89. The first kappa shape index (κ1) is 29.9. The Hall–Kier alpha value is -2.33. The van der Waals surface area contributed by atoms with E-state index in [2.05, 4.69) is 5.32 Å². The number of amides is 2. The van der Waals surface area contributed by atoms with Gasteiger partial charge in [-0.05, 0) is 57.0 Å². The molecule has 0 aromatic heterocycles. The molecule has 198 valence electrons. The van der Waals surface area contributed by atoms with Gasteiger partial charge in [0.05, 0.1) is 15.7 Å². The molecule has 11 heteroatoms. The Balaban J connectivity index is 2.52. The lowest BCUT2D eigenvalue weighted by Gasteiger charge is -2.35. The van der Waals surface area contributed by atoms with Crippen LogP contribution in [0.5, 0.6) is 0 Å². The molecule has 2 aromatic carbocycles. The average molecular weight is 558 g/mol. The molecule has 0 saturated carbocycles. The number of carbonyl (C=O) groups excluding carboxylic acids is 2. The summed E-state index contributed by atoms with van der Waals surface area (Å²) in [6, 6.07) is 12.5. The minimum absolute atomic E-state index is 0.0381. The lowest BCUT2D eigenvalue weighted by Crippen LogP contribution is -2.55. The van der Waals surface area contributed by atoms with E-state index in [1.165, 1.54) is 19.0 Å². The van der Waals surface area contributed by atoms with Crippen LogP contribution in [-0.4, -0.2) is 61.7 Å². The second-order valence-corrected chi connectivity index (χ2v) is 12.4. The van der Waals surface area contributed by atoms with E-state index in [0.29, 0.717) is 27.7 Å². The summed E-state index contributed by atoms with van der Waals surface area (Å²) in [7, 11) is -1.21. The minimum atomic E-state index is -4.01. The van der Waals surface area contributed by atoms with E-state index in [-0.39, 0.29) is 12.5 Å². The molecule has 2 aromatic rings. The number of hydrogen-bond donors (Lipinski definition) is 1. The highest BCUT2D eigenvalue weighted by Crippen LogP contribution is 2.25. The van der Waals surface area contributed by atoms with Crippen LogP contribution in [0.2, 0.25) is 10.0 Å². The zero-order chi connectivity index (χ0) is 27.3. The van der Waals surface area contributed by atoms with Gasteiger partial charge in [-0.25, -0.2) is 4.31 Å². The van der Waals surface area contributed by atoms with Crippen molar-refractivity contribution in [3.05, 3.63) is 64.1 Å². The van der Waals surface area contributed by atoms with Crippen LogP contribution in [0.3, 0.4) is 0 Å². The Morgan fingerprint density at radius 3 is 2.11 bits per heavy atom. The third-order valence-electron chi connectivity index (χ3n) is 5.28.